The topological polar surface area (TPSA) is 88.5 Å². The van der Waals surface area contributed by atoms with E-state index in [0.717, 1.165) is 11.2 Å². The van der Waals surface area contributed by atoms with Crippen LogP contribution in [-0.2, 0) is 12.8 Å². The zero-order valence-electron chi connectivity index (χ0n) is 16.7. The smallest absolute Gasteiger partial charge is 0.417 e. The molecule has 0 aliphatic rings. The van der Waals surface area contributed by atoms with Gasteiger partial charge in [0.25, 0.3) is 11.5 Å². The van der Waals surface area contributed by atoms with Crippen LogP contribution in [0.5, 0.6) is 5.75 Å². The van der Waals surface area contributed by atoms with Crippen LogP contribution < -0.4 is 15.6 Å². The van der Waals surface area contributed by atoms with Gasteiger partial charge in [-0.1, -0.05) is 18.2 Å². The molecule has 32 heavy (non-hydrogen) atoms. The van der Waals surface area contributed by atoms with Gasteiger partial charge in [0.2, 0.25) is 0 Å². The molecule has 3 aromatic heterocycles. The summed E-state index contributed by atoms with van der Waals surface area (Å²) >= 11 is 0. The Morgan fingerprint density at radius 1 is 1.22 bits per heavy atom. The second-order valence-corrected chi connectivity index (χ2v) is 7.02. The highest BCUT2D eigenvalue weighted by atomic mass is 19.4. The van der Waals surface area contributed by atoms with Crippen LogP contribution in [0, 0.1) is 6.92 Å². The van der Waals surface area contributed by atoms with E-state index < -0.39 is 28.9 Å². The van der Waals surface area contributed by atoms with Gasteiger partial charge in [0.05, 0.1) is 16.8 Å². The molecular formula is C22H17F3N4O3. The Kier molecular flexibility index (Phi) is 5.43. The maximum Gasteiger partial charge on any atom is 0.417 e. The van der Waals surface area contributed by atoms with E-state index in [4.69, 9.17) is 4.74 Å². The summed E-state index contributed by atoms with van der Waals surface area (Å²) < 4.78 is 46.4. The van der Waals surface area contributed by atoms with Crippen molar-refractivity contribution < 1.29 is 22.7 Å². The number of para-hydroxylation sites is 1. The zero-order valence-corrected chi connectivity index (χ0v) is 16.7. The molecule has 0 saturated carbocycles. The van der Waals surface area contributed by atoms with E-state index in [0.29, 0.717) is 18.0 Å². The van der Waals surface area contributed by atoms with E-state index in [1.807, 2.05) is 34.6 Å². The second-order valence-electron chi connectivity index (χ2n) is 7.02. The van der Waals surface area contributed by atoms with Gasteiger partial charge >= 0.3 is 6.18 Å². The van der Waals surface area contributed by atoms with E-state index in [9.17, 15) is 22.8 Å². The van der Waals surface area contributed by atoms with Crippen molar-refractivity contribution in [3.8, 4) is 5.75 Å². The van der Waals surface area contributed by atoms with Crippen molar-refractivity contribution in [2.75, 3.05) is 5.32 Å². The average molecular weight is 442 g/mol. The Morgan fingerprint density at radius 2 is 2.00 bits per heavy atom. The fourth-order valence-electron chi connectivity index (χ4n) is 3.14. The molecule has 164 valence electrons. The number of aryl methyl sites for hydroxylation is 1. The molecule has 0 aliphatic heterocycles. The van der Waals surface area contributed by atoms with Gasteiger partial charge in [0.15, 0.2) is 0 Å². The number of benzene rings is 1. The molecule has 0 bridgehead atoms. The number of carbonyl (C=O) groups is 1. The van der Waals surface area contributed by atoms with Crippen LogP contribution in [0.2, 0.25) is 0 Å². The maximum absolute atomic E-state index is 12.9. The number of pyridine rings is 2. The monoisotopic (exact) mass is 442 g/mol. The summed E-state index contributed by atoms with van der Waals surface area (Å²) in [5.74, 6) is -0.585. The van der Waals surface area contributed by atoms with E-state index >= 15 is 0 Å². The molecule has 4 aromatic rings. The standard InChI is InChI=1S/C22H17F3N4O3/c1-13-5-4-8-29-11-15(27-19(13)29)12-32-18-7-3-2-6-16(18)20(30)28-17-9-14(22(23,24)25)10-26-21(17)31/h2-11H,12H2,1H3,(H,26,31)(H,28,30). The minimum Gasteiger partial charge on any atom is -0.486 e. The number of aromatic nitrogens is 3. The lowest BCUT2D eigenvalue weighted by Crippen LogP contribution is -2.22. The molecule has 0 unspecified atom stereocenters. The molecule has 0 fully saturated rings. The summed E-state index contributed by atoms with van der Waals surface area (Å²) in [5.41, 5.74) is -0.00169. The number of fused-ring (bicyclic) bond motifs is 1. The van der Waals surface area contributed by atoms with E-state index in [1.165, 1.54) is 6.07 Å². The third-order valence-corrected chi connectivity index (χ3v) is 4.71. The SMILES string of the molecule is Cc1cccn2cc(COc3ccccc3C(=O)Nc3cc(C(F)(F)F)c[nH]c3=O)nc12. The minimum atomic E-state index is -4.67. The van der Waals surface area contributed by atoms with Crippen LogP contribution in [0.25, 0.3) is 5.65 Å². The third-order valence-electron chi connectivity index (χ3n) is 4.71. The second kappa shape index (κ2) is 8.22. The highest BCUT2D eigenvalue weighted by Crippen LogP contribution is 2.29. The van der Waals surface area contributed by atoms with E-state index in [2.05, 4.69) is 10.3 Å². The molecule has 0 saturated heterocycles. The Bertz CT molecular complexity index is 1360. The van der Waals surface area contributed by atoms with Crippen LogP contribution in [0.15, 0.2) is 65.8 Å². The predicted molar refractivity (Wildman–Crippen MR) is 111 cm³/mol. The lowest BCUT2D eigenvalue weighted by molar-refractivity contribution is -0.137. The molecule has 0 spiro atoms. The number of anilines is 1. The number of ether oxygens (including phenoxy) is 1. The molecule has 1 aromatic carbocycles. The Hall–Kier alpha value is -4.08. The van der Waals surface area contributed by atoms with Crippen molar-refractivity contribution in [3.63, 3.8) is 0 Å². The first-order valence-electron chi connectivity index (χ1n) is 9.48. The van der Waals surface area contributed by atoms with Gasteiger partial charge in [0, 0.05) is 18.6 Å². The van der Waals surface area contributed by atoms with Crippen molar-refractivity contribution in [2.45, 2.75) is 19.7 Å². The molecule has 7 nitrogen and oxygen atoms in total. The fourth-order valence-corrected chi connectivity index (χ4v) is 3.14. The molecule has 10 heteroatoms. The first-order chi connectivity index (χ1) is 15.2. The van der Waals surface area contributed by atoms with Crippen molar-refractivity contribution in [2.24, 2.45) is 0 Å². The number of imidazole rings is 1. The number of nitrogens with zero attached hydrogens (tertiary/aromatic N) is 2. The Labute approximate surface area is 179 Å². The molecule has 0 radical (unpaired) electrons. The fraction of sp³-hybridized carbons (Fsp3) is 0.136. The first-order valence-corrected chi connectivity index (χ1v) is 9.48. The number of H-pyrrole nitrogens is 1. The van der Waals surface area contributed by atoms with Gasteiger partial charge in [-0.15, -0.1) is 0 Å². The van der Waals surface area contributed by atoms with Crippen molar-refractivity contribution in [1.29, 1.82) is 0 Å². The summed E-state index contributed by atoms with van der Waals surface area (Å²) in [6, 6.07) is 10.6. The summed E-state index contributed by atoms with van der Waals surface area (Å²) in [6.45, 7) is 2.00. The Morgan fingerprint density at radius 3 is 2.75 bits per heavy atom. The highest BCUT2D eigenvalue weighted by molar-refractivity contribution is 6.06. The number of hydrogen-bond donors (Lipinski definition) is 2. The van der Waals surface area contributed by atoms with Crippen LogP contribution in [0.4, 0.5) is 18.9 Å². The van der Waals surface area contributed by atoms with Gasteiger partial charge in [0.1, 0.15) is 23.7 Å². The number of aromatic amines is 1. The zero-order chi connectivity index (χ0) is 22.9. The predicted octanol–water partition coefficient (Wildman–Crippen LogP) is 4.18. The molecule has 2 N–H and O–H groups in total. The van der Waals surface area contributed by atoms with Crippen molar-refractivity contribution in [1.82, 2.24) is 14.4 Å². The Balaban J connectivity index is 1.55. The molecule has 0 atom stereocenters. The maximum atomic E-state index is 12.9. The summed E-state index contributed by atoms with van der Waals surface area (Å²) in [5, 5.41) is 2.22. The lowest BCUT2D eigenvalue weighted by Gasteiger charge is -2.12. The quantitative estimate of drug-likeness (QED) is 0.485. The van der Waals surface area contributed by atoms with E-state index in [-0.39, 0.29) is 17.9 Å². The lowest BCUT2D eigenvalue weighted by atomic mass is 10.1. The molecule has 1 amide bonds. The minimum absolute atomic E-state index is 0.0595. The van der Waals surface area contributed by atoms with Crippen LogP contribution in [-0.4, -0.2) is 20.3 Å². The summed E-state index contributed by atoms with van der Waals surface area (Å²) in [4.78, 5) is 31.1. The van der Waals surface area contributed by atoms with Crippen molar-refractivity contribution >= 4 is 17.2 Å². The largest absolute Gasteiger partial charge is 0.486 e. The number of alkyl halides is 3. The number of nitrogens with one attached hydrogen (secondary N) is 2. The van der Waals surface area contributed by atoms with Gasteiger partial charge in [-0.05, 0) is 36.8 Å². The number of hydrogen-bond acceptors (Lipinski definition) is 4. The third kappa shape index (κ3) is 4.34. The highest BCUT2D eigenvalue weighted by Gasteiger charge is 2.31. The number of amides is 1. The first kappa shape index (κ1) is 21.2. The van der Waals surface area contributed by atoms with Gasteiger partial charge in [-0.3, -0.25) is 9.59 Å². The van der Waals surface area contributed by atoms with Crippen LogP contribution in [0.1, 0.15) is 27.2 Å². The van der Waals surface area contributed by atoms with Gasteiger partial charge in [-0.2, -0.15) is 13.2 Å². The van der Waals surface area contributed by atoms with Crippen LogP contribution >= 0.6 is 0 Å². The average Bonchev–Trinajstić information content (AvgIpc) is 3.18. The molecule has 3 heterocycles. The molecular weight excluding hydrogens is 425 g/mol. The van der Waals surface area contributed by atoms with Crippen molar-refractivity contribution in [3.05, 3.63) is 93.8 Å². The van der Waals surface area contributed by atoms with E-state index in [1.54, 1.807) is 24.4 Å². The normalized spacial score (nSPS) is 11.5. The summed E-state index contributed by atoms with van der Waals surface area (Å²) in [7, 11) is 0. The number of halogens is 3. The number of carbonyl (C=O) groups excluding carboxylic acids is 1. The molecule has 0 aliphatic carbocycles. The van der Waals surface area contributed by atoms with Gasteiger partial charge in [-0.25, -0.2) is 4.98 Å². The summed E-state index contributed by atoms with van der Waals surface area (Å²) in [6.07, 6.45) is -0.469. The van der Waals surface area contributed by atoms with Crippen LogP contribution in [0.3, 0.4) is 0 Å². The van der Waals surface area contributed by atoms with Gasteiger partial charge < -0.3 is 19.4 Å². The number of rotatable bonds is 5. The molecule has 4 rings (SSSR count).